The van der Waals surface area contributed by atoms with Gasteiger partial charge in [0, 0.05) is 37.3 Å². The number of carbonyl (C=O) groups excluding carboxylic acids is 3. The highest BCUT2D eigenvalue weighted by atomic mass is 16.5. The second kappa shape index (κ2) is 13.5. The number of quaternary nitrogens is 1. The maximum atomic E-state index is 13.8. The highest BCUT2D eigenvalue weighted by Crippen LogP contribution is 2.40. The van der Waals surface area contributed by atoms with E-state index in [0.29, 0.717) is 22.7 Å². The maximum Gasteiger partial charge on any atom is 0.338 e. The van der Waals surface area contributed by atoms with Gasteiger partial charge in [0.25, 0.3) is 5.91 Å². The van der Waals surface area contributed by atoms with Gasteiger partial charge in [0.05, 0.1) is 13.5 Å². The van der Waals surface area contributed by atoms with Crippen LogP contribution < -0.4 is 24.8 Å². The molecule has 0 radical (unpaired) electrons. The smallest absolute Gasteiger partial charge is 0.338 e. The number of hydrogen-bond donors (Lipinski definition) is 3. The molecular weight excluding hydrogens is 548 g/mol. The number of rotatable bonds is 11. The molecule has 3 aromatic carbocycles. The Balaban J connectivity index is 1.46. The average molecular weight is 588 g/mol. The van der Waals surface area contributed by atoms with Crippen molar-refractivity contribution in [1.29, 1.82) is 0 Å². The van der Waals surface area contributed by atoms with Gasteiger partial charge < -0.3 is 25.4 Å². The molecular formula is C33H39N4O6+. The Morgan fingerprint density at radius 3 is 2.33 bits per heavy atom. The van der Waals surface area contributed by atoms with Crippen molar-refractivity contribution in [2.24, 2.45) is 0 Å². The van der Waals surface area contributed by atoms with E-state index >= 15 is 0 Å². The second-order valence-electron chi connectivity index (χ2n) is 11.2. The summed E-state index contributed by atoms with van der Waals surface area (Å²) in [4.78, 5) is 52.1. The van der Waals surface area contributed by atoms with Gasteiger partial charge in [0.1, 0.15) is 12.6 Å². The SMILES string of the molecule is Cc1cc(C)cc(N(C)C(=O)COc2ccccc2[N+](C)(C(=O)CNC(=O)Nc2cccc(CC(=O)O)c2)C2CCC2)c1. The fraction of sp³-hybridized carbons (Fsp3) is 0.333. The molecule has 4 amide bonds. The Labute approximate surface area is 251 Å². The molecule has 1 aliphatic carbocycles. The number of hydrogen-bond acceptors (Lipinski definition) is 5. The molecule has 1 aliphatic rings. The van der Waals surface area contributed by atoms with E-state index in [-0.39, 0.29) is 41.9 Å². The molecule has 0 bridgehead atoms. The number of carboxylic acids is 1. The zero-order chi connectivity index (χ0) is 31.1. The number of para-hydroxylation sites is 2. The van der Waals surface area contributed by atoms with E-state index in [0.717, 1.165) is 36.1 Å². The van der Waals surface area contributed by atoms with E-state index in [4.69, 9.17) is 9.84 Å². The first-order valence-electron chi connectivity index (χ1n) is 14.3. The number of carbonyl (C=O) groups is 4. The molecule has 10 heteroatoms. The van der Waals surface area contributed by atoms with Crippen molar-refractivity contribution >= 4 is 40.9 Å². The van der Waals surface area contributed by atoms with Crippen LogP contribution in [0.5, 0.6) is 5.75 Å². The van der Waals surface area contributed by atoms with Gasteiger partial charge in [-0.25, -0.2) is 14.1 Å². The average Bonchev–Trinajstić information content (AvgIpc) is 2.92. The molecule has 226 valence electrons. The number of ether oxygens (including phenoxy) is 1. The summed E-state index contributed by atoms with van der Waals surface area (Å²) < 4.78 is 5.98. The quantitative estimate of drug-likeness (QED) is 0.277. The van der Waals surface area contributed by atoms with Gasteiger partial charge >= 0.3 is 17.9 Å². The summed E-state index contributed by atoms with van der Waals surface area (Å²) in [6, 6.07) is 19.1. The van der Waals surface area contributed by atoms with E-state index in [1.54, 1.807) is 48.3 Å². The van der Waals surface area contributed by atoms with Crippen LogP contribution in [0.1, 0.15) is 36.0 Å². The first-order valence-corrected chi connectivity index (χ1v) is 14.3. The monoisotopic (exact) mass is 587 g/mol. The standard InChI is InChI=1S/C33H38N4O6/c1-22-15-23(2)17-26(16-22)36(3)30(38)21-43-29-14-6-5-13-28(29)37(4,27-11-8-12-27)31(39)20-34-33(42)35-25-10-7-9-24(18-25)19-32(40)41/h5-7,9-10,13-18,27H,8,11-12,19-21H2,1-4H3,(H2-,34,35,40,41,42)/p+1. The molecule has 0 spiro atoms. The molecule has 1 fully saturated rings. The van der Waals surface area contributed by atoms with Gasteiger partial charge in [-0.05, 0) is 67.3 Å². The molecule has 43 heavy (non-hydrogen) atoms. The van der Waals surface area contributed by atoms with Crippen molar-refractivity contribution in [1.82, 2.24) is 9.80 Å². The fourth-order valence-corrected chi connectivity index (χ4v) is 5.35. The Morgan fingerprint density at radius 1 is 0.977 bits per heavy atom. The Morgan fingerprint density at radius 2 is 1.67 bits per heavy atom. The van der Waals surface area contributed by atoms with Crippen LogP contribution >= 0.6 is 0 Å². The molecule has 0 aliphatic heterocycles. The summed E-state index contributed by atoms with van der Waals surface area (Å²) in [5.74, 6) is -0.988. The molecule has 1 unspecified atom stereocenters. The summed E-state index contributed by atoms with van der Waals surface area (Å²) in [6.45, 7) is 3.52. The Bertz CT molecular complexity index is 1500. The van der Waals surface area contributed by atoms with Gasteiger partial charge in [-0.2, -0.15) is 0 Å². The molecule has 0 aromatic heterocycles. The van der Waals surface area contributed by atoms with Crippen LogP contribution in [0.25, 0.3) is 0 Å². The number of amides is 4. The van der Waals surface area contributed by atoms with Crippen molar-refractivity contribution in [2.45, 2.75) is 45.6 Å². The minimum atomic E-state index is -0.970. The second-order valence-corrected chi connectivity index (χ2v) is 11.2. The van der Waals surface area contributed by atoms with Crippen molar-refractivity contribution < 1.29 is 29.0 Å². The number of aryl methyl sites for hydroxylation is 2. The number of nitrogens with one attached hydrogen (secondary N) is 2. The first-order chi connectivity index (χ1) is 20.5. The Kier molecular flexibility index (Phi) is 9.82. The summed E-state index contributed by atoms with van der Waals surface area (Å²) in [5, 5.41) is 14.3. The van der Waals surface area contributed by atoms with Crippen LogP contribution in [0.3, 0.4) is 0 Å². The lowest BCUT2D eigenvalue weighted by Crippen LogP contribution is -2.63. The molecule has 0 heterocycles. The predicted octanol–water partition coefficient (Wildman–Crippen LogP) is 4.81. The molecule has 4 rings (SSSR count). The highest BCUT2D eigenvalue weighted by molar-refractivity contribution is 5.97. The van der Waals surface area contributed by atoms with Gasteiger partial charge in [-0.1, -0.05) is 30.3 Å². The summed E-state index contributed by atoms with van der Waals surface area (Å²) in [6.07, 6.45) is 2.51. The maximum absolute atomic E-state index is 13.8. The predicted molar refractivity (Wildman–Crippen MR) is 166 cm³/mol. The molecule has 3 N–H and O–H groups in total. The van der Waals surface area contributed by atoms with Gasteiger partial charge in [-0.3, -0.25) is 9.59 Å². The van der Waals surface area contributed by atoms with Crippen LogP contribution in [-0.2, 0) is 20.8 Å². The van der Waals surface area contributed by atoms with Crippen LogP contribution in [0.15, 0.2) is 66.7 Å². The third kappa shape index (κ3) is 7.58. The van der Waals surface area contributed by atoms with Gasteiger partial charge in [0.15, 0.2) is 18.0 Å². The molecule has 0 saturated heterocycles. The molecule has 1 saturated carbocycles. The van der Waals surface area contributed by atoms with Crippen molar-refractivity contribution in [3.63, 3.8) is 0 Å². The Hall–Kier alpha value is -4.70. The summed E-state index contributed by atoms with van der Waals surface area (Å²) in [7, 11) is 3.54. The van der Waals surface area contributed by atoms with Crippen LogP contribution in [-0.4, -0.2) is 62.2 Å². The van der Waals surface area contributed by atoms with Crippen LogP contribution in [0, 0.1) is 13.8 Å². The number of benzene rings is 3. The van der Waals surface area contributed by atoms with E-state index in [1.807, 2.05) is 51.2 Å². The minimum absolute atomic E-state index is 0.00320. The lowest BCUT2D eigenvalue weighted by Gasteiger charge is -2.43. The number of likely N-dealkylation sites (N-methyl/N-ethyl adjacent to an activating group) is 2. The molecule has 3 aromatic rings. The van der Waals surface area contributed by atoms with E-state index < -0.39 is 12.0 Å². The number of urea groups is 1. The minimum Gasteiger partial charge on any atom is -0.481 e. The number of anilines is 2. The zero-order valence-electron chi connectivity index (χ0n) is 25.1. The van der Waals surface area contributed by atoms with Crippen molar-refractivity contribution in [3.05, 3.63) is 83.4 Å². The number of carboxylic acid groups (broad SMARTS) is 1. The van der Waals surface area contributed by atoms with Crippen LogP contribution in [0.2, 0.25) is 0 Å². The van der Waals surface area contributed by atoms with Gasteiger partial charge in [-0.15, -0.1) is 0 Å². The lowest BCUT2D eigenvalue weighted by molar-refractivity contribution is -0.136. The topological polar surface area (TPSA) is 125 Å². The van der Waals surface area contributed by atoms with Crippen molar-refractivity contribution in [3.8, 4) is 5.75 Å². The number of nitrogens with zero attached hydrogens (tertiary/aromatic N) is 2. The first kappa shape index (κ1) is 31.2. The third-order valence-electron chi connectivity index (χ3n) is 7.95. The number of aliphatic carboxylic acids is 1. The van der Waals surface area contributed by atoms with E-state index in [9.17, 15) is 19.2 Å². The van der Waals surface area contributed by atoms with Crippen LogP contribution in [0.4, 0.5) is 21.9 Å². The normalized spacial score (nSPS) is 14.1. The highest BCUT2D eigenvalue weighted by Gasteiger charge is 2.47. The lowest BCUT2D eigenvalue weighted by atomic mass is 9.88. The largest absolute Gasteiger partial charge is 0.481 e. The van der Waals surface area contributed by atoms with E-state index in [2.05, 4.69) is 10.6 Å². The van der Waals surface area contributed by atoms with Gasteiger partial charge in [0.2, 0.25) is 0 Å². The fourth-order valence-electron chi connectivity index (χ4n) is 5.35. The molecule has 1 atom stereocenters. The van der Waals surface area contributed by atoms with Crippen molar-refractivity contribution in [2.75, 3.05) is 37.5 Å². The zero-order valence-corrected chi connectivity index (χ0v) is 25.1. The van der Waals surface area contributed by atoms with E-state index in [1.165, 1.54) is 0 Å². The third-order valence-corrected chi connectivity index (χ3v) is 7.95. The molecule has 10 nitrogen and oxygen atoms in total. The summed E-state index contributed by atoms with van der Waals surface area (Å²) >= 11 is 0. The summed E-state index contributed by atoms with van der Waals surface area (Å²) in [5.41, 5.74) is 4.49.